The van der Waals surface area contributed by atoms with Gasteiger partial charge in [0.1, 0.15) is 0 Å². The topological polar surface area (TPSA) is 74.7 Å². The van der Waals surface area contributed by atoms with Gasteiger partial charge in [-0.05, 0) is 20.0 Å². The van der Waals surface area contributed by atoms with Gasteiger partial charge in [-0.3, -0.25) is 0 Å². The molecule has 1 aliphatic heterocycles. The number of aromatic nitrogens is 3. The quantitative estimate of drug-likeness (QED) is 0.624. The van der Waals surface area contributed by atoms with Crippen molar-refractivity contribution in [2.45, 2.75) is 13.0 Å². The van der Waals surface area contributed by atoms with Crippen LogP contribution in [0, 0.1) is 5.92 Å². The second-order valence-electron chi connectivity index (χ2n) is 5.67. The number of nitrogens with one attached hydrogen (secondary N) is 1. The van der Waals surface area contributed by atoms with Crippen LogP contribution < -0.4 is 16.2 Å². The average molecular weight is 275 g/mol. The maximum Gasteiger partial charge on any atom is 0.180 e. The zero-order valence-corrected chi connectivity index (χ0v) is 12.1. The van der Waals surface area contributed by atoms with Gasteiger partial charge in [-0.2, -0.15) is 0 Å². The molecule has 1 aliphatic rings. The molecular formula is C13H21N7. The van der Waals surface area contributed by atoms with Gasteiger partial charge < -0.3 is 19.6 Å². The zero-order valence-electron chi connectivity index (χ0n) is 12.1. The summed E-state index contributed by atoms with van der Waals surface area (Å²) < 4.78 is 1.95. The van der Waals surface area contributed by atoms with Gasteiger partial charge >= 0.3 is 0 Å². The molecule has 0 bridgehead atoms. The molecule has 7 heteroatoms. The van der Waals surface area contributed by atoms with Crippen molar-refractivity contribution >= 4 is 17.3 Å². The molecule has 3 heterocycles. The van der Waals surface area contributed by atoms with Crippen molar-refractivity contribution in [2.75, 3.05) is 37.5 Å². The Hall–Kier alpha value is -1.86. The highest BCUT2D eigenvalue weighted by atomic mass is 15.3. The molecule has 3 rings (SSSR count). The number of likely N-dealkylation sites (N-methyl/N-ethyl adjacent to an activating group) is 1. The number of rotatable bonds is 3. The van der Waals surface area contributed by atoms with Crippen molar-refractivity contribution in [3.8, 4) is 0 Å². The highest BCUT2D eigenvalue weighted by Crippen LogP contribution is 2.28. The Labute approximate surface area is 118 Å². The fraction of sp³-hybridized carbons (Fsp3) is 0.538. The molecule has 2 atom stereocenters. The minimum Gasteiger partial charge on any atom is -0.352 e. The van der Waals surface area contributed by atoms with Gasteiger partial charge in [0.2, 0.25) is 0 Å². The van der Waals surface area contributed by atoms with E-state index in [0.717, 1.165) is 24.6 Å². The van der Waals surface area contributed by atoms with Crippen LogP contribution in [0.3, 0.4) is 0 Å². The van der Waals surface area contributed by atoms with Crippen molar-refractivity contribution in [3.05, 3.63) is 18.6 Å². The van der Waals surface area contributed by atoms with E-state index in [-0.39, 0.29) is 0 Å². The fourth-order valence-electron chi connectivity index (χ4n) is 2.99. The lowest BCUT2D eigenvalue weighted by atomic mass is 10.1. The van der Waals surface area contributed by atoms with E-state index in [1.54, 1.807) is 6.20 Å². The number of hydrazine groups is 1. The summed E-state index contributed by atoms with van der Waals surface area (Å²) in [5.41, 5.74) is 3.49. The largest absolute Gasteiger partial charge is 0.352 e. The first-order chi connectivity index (χ1) is 9.60. The average Bonchev–Trinajstić information content (AvgIpc) is 3.03. The molecule has 2 aromatic rings. The van der Waals surface area contributed by atoms with E-state index < -0.39 is 0 Å². The van der Waals surface area contributed by atoms with Crippen molar-refractivity contribution in [3.63, 3.8) is 0 Å². The Morgan fingerprint density at radius 3 is 2.85 bits per heavy atom. The number of nitrogen functional groups attached to an aromatic ring is 1. The summed E-state index contributed by atoms with van der Waals surface area (Å²) in [6.45, 7) is 4.21. The van der Waals surface area contributed by atoms with Crippen LogP contribution >= 0.6 is 0 Å². The molecule has 0 saturated carbocycles. The lowest BCUT2D eigenvalue weighted by Gasteiger charge is -2.23. The zero-order chi connectivity index (χ0) is 14.3. The summed E-state index contributed by atoms with van der Waals surface area (Å²) in [4.78, 5) is 13.6. The van der Waals surface area contributed by atoms with Gasteiger partial charge in [0.05, 0.1) is 6.20 Å². The van der Waals surface area contributed by atoms with Crippen molar-refractivity contribution in [2.24, 2.45) is 11.8 Å². The third kappa shape index (κ3) is 2.08. The maximum absolute atomic E-state index is 5.51. The van der Waals surface area contributed by atoms with Crippen LogP contribution in [0.4, 0.5) is 11.6 Å². The highest BCUT2D eigenvalue weighted by Gasteiger charge is 2.33. The number of anilines is 2. The SMILES string of the molecule is CC1CN(c2nc(NN)cn3ccnc23)CC1N(C)C. The summed E-state index contributed by atoms with van der Waals surface area (Å²) in [6.07, 6.45) is 5.53. The Kier molecular flexibility index (Phi) is 3.23. The molecule has 3 N–H and O–H groups in total. The molecule has 0 spiro atoms. The number of imidazole rings is 1. The number of hydrogen-bond acceptors (Lipinski definition) is 6. The summed E-state index contributed by atoms with van der Waals surface area (Å²) >= 11 is 0. The van der Waals surface area contributed by atoms with Crippen LogP contribution in [0.2, 0.25) is 0 Å². The predicted octanol–water partition coefficient (Wildman–Crippen LogP) is 0.401. The number of nitrogens with two attached hydrogens (primary N) is 1. The van der Waals surface area contributed by atoms with Crippen LogP contribution in [0.15, 0.2) is 18.6 Å². The molecule has 0 amide bonds. The third-order valence-corrected chi connectivity index (χ3v) is 4.04. The highest BCUT2D eigenvalue weighted by molar-refractivity contribution is 5.67. The number of hydrogen-bond donors (Lipinski definition) is 2. The monoisotopic (exact) mass is 275 g/mol. The van der Waals surface area contributed by atoms with E-state index in [0.29, 0.717) is 17.8 Å². The fourth-order valence-corrected chi connectivity index (χ4v) is 2.99. The second-order valence-corrected chi connectivity index (χ2v) is 5.67. The van der Waals surface area contributed by atoms with E-state index in [2.05, 4.69) is 46.2 Å². The minimum atomic E-state index is 0.529. The maximum atomic E-state index is 5.51. The molecule has 0 radical (unpaired) electrons. The smallest absolute Gasteiger partial charge is 0.180 e. The van der Waals surface area contributed by atoms with Crippen molar-refractivity contribution in [1.29, 1.82) is 0 Å². The van der Waals surface area contributed by atoms with E-state index in [4.69, 9.17) is 5.84 Å². The lowest BCUT2D eigenvalue weighted by molar-refractivity contribution is 0.266. The molecule has 2 aromatic heterocycles. The van der Waals surface area contributed by atoms with E-state index in [9.17, 15) is 0 Å². The van der Waals surface area contributed by atoms with Gasteiger partial charge in [-0.1, -0.05) is 6.92 Å². The summed E-state index contributed by atoms with van der Waals surface area (Å²) in [5, 5.41) is 0. The molecule has 108 valence electrons. The van der Waals surface area contributed by atoms with Crippen LogP contribution in [0.1, 0.15) is 6.92 Å². The van der Waals surface area contributed by atoms with Gasteiger partial charge in [-0.15, -0.1) is 0 Å². The molecule has 1 saturated heterocycles. The second kappa shape index (κ2) is 4.92. The van der Waals surface area contributed by atoms with E-state index >= 15 is 0 Å². The molecule has 20 heavy (non-hydrogen) atoms. The van der Waals surface area contributed by atoms with Crippen molar-refractivity contribution < 1.29 is 0 Å². The first kappa shape index (κ1) is 13.1. The third-order valence-electron chi connectivity index (χ3n) is 4.04. The summed E-state index contributed by atoms with van der Waals surface area (Å²) in [7, 11) is 4.25. The molecule has 0 aromatic carbocycles. The van der Waals surface area contributed by atoms with Crippen LogP contribution in [0.25, 0.3) is 5.65 Å². The number of nitrogens with zero attached hydrogens (tertiary/aromatic N) is 5. The Balaban J connectivity index is 2.00. The Morgan fingerprint density at radius 1 is 1.40 bits per heavy atom. The number of fused-ring (bicyclic) bond motifs is 1. The van der Waals surface area contributed by atoms with E-state index in [1.165, 1.54) is 0 Å². The van der Waals surface area contributed by atoms with Crippen LogP contribution in [-0.4, -0.2) is 52.5 Å². The van der Waals surface area contributed by atoms with Gasteiger partial charge in [0.15, 0.2) is 17.3 Å². The van der Waals surface area contributed by atoms with Gasteiger partial charge in [0, 0.05) is 31.5 Å². The molecule has 7 nitrogen and oxygen atoms in total. The standard InChI is InChI=1S/C13H21N7/c1-9-6-20(7-10(9)18(2)3)13-12-15-4-5-19(12)8-11(16-13)17-14/h4-5,8-10,17H,6-7,14H2,1-3H3. The normalized spacial score (nSPS) is 22.9. The summed E-state index contributed by atoms with van der Waals surface area (Å²) in [6, 6.07) is 0.529. The Morgan fingerprint density at radius 2 is 2.20 bits per heavy atom. The molecule has 1 fully saturated rings. The lowest BCUT2D eigenvalue weighted by Crippen LogP contribution is -2.34. The first-order valence-corrected chi connectivity index (χ1v) is 6.82. The first-order valence-electron chi connectivity index (χ1n) is 6.82. The Bertz CT molecular complexity index is 606. The van der Waals surface area contributed by atoms with Crippen molar-refractivity contribution in [1.82, 2.24) is 19.3 Å². The van der Waals surface area contributed by atoms with Gasteiger partial charge in [-0.25, -0.2) is 15.8 Å². The molecular weight excluding hydrogens is 254 g/mol. The minimum absolute atomic E-state index is 0.529. The van der Waals surface area contributed by atoms with Crippen LogP contribution in [0.5, 0.6) is 0 Å². The molecule has 0 aliphatic carbocycles. The summed E-state index contributed by atoms with van der Waals surface area (Å²) in [5.74, 6) is 7.64. The predicted molar refractivity (Wildman–Crippen MR) is 79.6 cm³/mol. The van der Waals surface area contributed by atoms with E-state index in [1.807, 2.05) is 16.8 Å². The van der Waals surface area contributed by atoms with Crippen LogP contribution in [-0.2, 0) is 0 Å². The molecule has 2 unspecified atom stereocenters. The van der Waals surface area contributed by atoms with Gasteiger partial charge in [0.25, 0.3) is 0 Å².